The number of ketones is 1. The number of carbonyl (C=O) groups excluding carboxylic acids is 2. The lowest BCUT2D eigenvalue weighted by Crippen LogP contribution is -2.38. The average Bonchev–Trinajstić information content (AvgIpc) is 2.96. The zero-order valence-corrected chi connectivity index (χ0v) is 22.9. The van der Waals surface area contributed by atoms with E-state index in [0.29, 0.717) is 41.3 Å². The molecular weight excluding hydrogens is 506 g/mol. The molecule has 2 aliphatic rings. The van der Waals surface area contributed by atoms with Crippen LogP contribution in [0.1, 0.15) is 48.3 Å². The number of benzene rings is 3. The minimum absolute atomic E-state index is 0.0440. The van der Waals surface area contributed by atoms with Gasteiger partial charge in [0.1, 0.15) is 11.7 Å². The number of phenols is 1. The molecule has 0 saturated heterocycles. The Balaban J connectivity index is 1.46. The van der Waals surface area contributed by atoms with E-state index in [4.69, 9.17) is 19.2 Å². The predicted molar refractivity (Wildman–Crippen MR) is 152 cm³/mol. The topological polar surface area (TPSA) is 94.4 Å². The van der Waals surface area contributed by atoms with Gasteiger partial charge in [0.2, 0.25) is 0 Å². The first-order chi connectivity index (χ1) is 19.4. The molecule has 0 spiro atoms. The summed E-state index contributed by atoms with van der Waals surface area (Å²) in [5, 5.41) is 9.92. The summed E-state index contributed by atoms with van der Waals surface area (Å²) in [4.78, 5) is 32.2. The zero-order chi connectivity index (χ0) is 28.2. The SMILES string of the molecule is COc1ccc([C@H]2CC(=O)C3=C(C2)N=C(C)C(C(=O)OCCc2ccccc2)[C@@H]3c2ccc(O)cc2)cc1OC. The summed E-state index contributed by atoms with van der Waals surface area (Å²) in [7, 11) is 3.18. The number of hydrogen-bond donors (Lipinski definition) is 1. The van der Waals surface area contributed by atoms with E-state index >= 15 is 0 Å². The van der Waals surface area contributed by atoms with Crippen molar-refractivity contribution in [2.75, 3.05) is 20.8 Å². The molecule has 0 fully saturated rings. The molecule has 1 N–H and O–H groups in total. The molecule has 7 nitrogen and oxygen atoms in total. The summed E-state index contributed by atoms with van der Waals surface area (Å²) in [6.45, 7) is 2.06. The molecule has 0 saturated carbocycles. The Morgan fingerprint density at radius 3 is 2.33 bits per heavy atom. The van der Waals surface area contributed by atoms with Crippen LogP contribution < -0.4 is 9.47 Å². The summed E-state index contributed by atoms with van der Waals surface area (Å²) >= 11 is 0. The largest absolute Gasteiger partial charge is 0.508 e. The first kappa shape index (κ1) is 27.2. The maximum Gasteiger partial charge on any atom is 0.315 e. The second-order valence-corrected chi connectivity index (χ2v) is 10.2. The number of aliphatic imine (C=N–C) groups is 1. The molecule has 0 amide bonds. The van der Waals surface area contributed by atoms with Gasteiger partial charge in [-0.15, -0.1) is 0 Å². The first-order valence-electron chi connectivity index (χ1n) is 13.4. The van der Waals surface area contributed by atoms with E-state index in [9.17, 15) is 14.7 Å². The van der Waals surface area contributed by atoms with Crippen LogP contribution in [0.15, 0.2) is 89.1 Å². The van der Waals surface area contributed by atoms with Crippen LogP contribution in [-0.2, 0) is 20.7 Å². The van der Waals surface area contributed by atoms with E-state index in [2.05, 4.69) is 0 Å². The Morgan fingerprint density at radius 2 is 1.62 bits per heavy atom. The monoisotopic (exact) mass is 539 g/mol. The second-order valence-electron chi connectivity index (χ2n) is 10.2. The average molecular weight is 540 g/mol. The van der Waals surface area contributed by atoms with Crippen LogP contribution in [0.2, 0.25) is 0 Å². The van der Waals surface area contributed by atoms with Gasteiger partial charge in [-0.05, 0) is 60.2 Å². The molecule has 0 radical (unpaired) electrons. The summed E-state index contributed by atoms with van der Waals surface area (Å²) in [5.41, 5.74) is 4.67. The Labute approximate surface area is 234 Å². The minimum Gasteiger partial charge on any atom is -0.508 e. The lowest BCUT2D eigenvalue weighted by molar-refractivity contribution is -0.146. The van der Waals surface area contributed by atoms with Gasteiger partial charge in [-0.25, -0.2) is 0 Å². The van der Waals surface area contributed by atoms with Crippen molar-refractivity contribution >= 4 is 17.5 Å². The molecule has 7 heteroatoms. The molecule has 40 heavy (non-hydrogen) atoms. The highest BCUT2D eigenvalue weighted by atomic mass is 16.5. The van der Waals surface area contributed by atoms with Gasteiger partial charge >= 0.3 is 5.97 Å². The number of Topliss-reactive ketones (excluding diaryl/α,β-unsaturated/α-hetero) is 1. The standard InChI is InChI=1S/C33H33NO6/c1-20-30(33(37)40-16-15-21-7-5-4-6-8-21)31(22-9-12-25(35)13-10-22)32-26(34-20)17-24(18-27(32)36)23-11-14-28(38-2)29(19-23)39-3/h4-14,19,24,30-31,35H,15-18H2,1-3H3/t24-,30?,31+/m1/s1. The van der Waals surface area contributed by atoms with Crippen molar-refractivity contribution in [3.8, 4) is 17.2 Å². The Kier molecular flexibility index (Phi) is 8.01. The van der Waals surface area contributed by atoms with E-state index in [-0.39, 0.29) is 30.5 Å². The number of allylic oxidation sites excluding steroid dienone is 2. The molecule has 0 aromatic heterocycles. The fraction of sp³-hybridized carbons (Fsp3) is 0.303. The van der Waals surface area contributed by atoms with Gasteiger partial charge < -0.3 is 19.3 Å². The van der Waals surface area contributed by atoms with Gasteiger partial charge in [0.15, 0.2) is 17.3 Å². The number of ether oxygens (including phenoxy) is 3. The normalized spacial score (nSPS) is 20.4. The summed E-state index contributed by atoms with van der Waals surface area (Å²) in [6.07, 6.45) is 1.44. The summed E-state index contributed by atoms with van der Waals surface area (Å²) in [6, 6.07) is 22.2. The maximum absolute atomic E-state index is 13.8. The molecule has 206 valence electrons. The molecule has 5 rings (SSSR count). The fourth-order valence-corrected chi connectivity index (χ4v) is 5.75. The maximum atomic E-state index is 13.8. The molecule has 1 aliphatic carbocycles. The van der Waals surface area contributed by atoms with Crippen LogP contribution in [0.4, 0.5) is 0 Å². The van der Waals surface area contributed by atoms with Crippen molar-refractivity contribution in [1.29, 1.82) is 0 Å². The van der Waals surface area contributed by atoms with Gasteiger partial charge in [-0.1, -0.05) is 48.5 Å². The number of hydrogen-bond acceptors (Lipinski definition) is 7. The van der Waals surface area contributed by atoms with Gasteiger partial charge in [-0.2, -0.15) is 0 Å². The highest BCUT2D eigenvalue weighted by Gasteiger charge is 2.44. The van der Waals surface area contributed by atoms with Crippen molar-refractivity contribution in [3.05, 3.63) is 101 Å². The van der Waals surface area contributed by atoms with E-state index < -0.39 is 17.8 Å². The third kappa shape index (κ3) is 5.50. The molecular formula is C33H33NO6. The lowest BCUT2D eigenvalue weighted by atomic mass is 9.69. The van der Waals surface area contributed by atoms with E-state index in [0.717, 1.165) is 16.7 Å². The van der Waals surface area contributed by atoms with Crippen molar-refractivity contribution < 1.29 is 28.9 Å². The van der Waals surface area contributed by atoms with Gasteiger partial charge in [-0.3, -0.25) is 14.6 Å². The quantitative estimate of drug-likeness (QED) is 0.365. The molecule has 0 bridgehead atoms. The number of aromatic hydroxyl groups is 1. The molecule has 3 atom stereocenters. The lowest BCUT2D eigenvalue weighted by Gasteiger charge is -2.36. The molecule has 3 aromatic rings. The van der Waals surface area contributed by atoms with E-state index in [1.54, 1.807) is 38.5 Å². The van der Waals surface area contributed by atoms with Crippen LogP contribution in [0.3, 0.4) is 0 Å². The van der Waals surface area contributed by atoms with Crippen molar-refractivity contribution in [2.45, 2.75) is 38.0 Å². The number of methoxy groups -OCH3 is 2. The smallest absolute Gasteiger partial charge is 0.315 e. The highest BCUT2D eigenvalue weighted by molar-refractivity contribution is 6.09. The third-order valence-corrected chi connectivity index (χ3v) is 7.75. The first-order valence-corrected chi connectivity index (χ1v) is 13.4. The Bertz CT molecular complexity index is 1460. The van der Waals surface area contributed by atoms with Gasteiger partial charge in [0.05, 0.1) is 20.8 Å². The van der Waals surface area contributed by atoms with Crippen molar-refractivity contribution in [2.24, 2.45) is 10.9 Å². The molecule has 3 aromatic carbocycles. The van der Waals surface area contributed by atoms with Crippen molar-refractivity contribution in [1.82, 2.24) is 0 Å². The van der Waals surface area contributed by atoms with Crippen molar-refractivity contribution in [3.63, 3.8) is 0 Å². The summed E-state index contributed by atoms with van der Waals surface area (Å²) < 4.78 is 16.6. The van der Waals surface area contributed by atoms with Gasteiger partial charge in [0, 0.05) is 35.7 Å². The third-order valence-electron chi connectivity index (χ3n) is 7.75. The fourth-order valence-electron chi connectivity index (χ4n) is 5.75. The molecule has 1 heterocycles. The van der Waals surface area contributed by atoms with E-state index in [1.807, 2.05) is 55.5 Å². The van der Waals surface area contributed by atoms with Gasteiger partial charge in [0.25, 0.3) is 0 Å². The Hall–Kier alpha value is -4.39. The minimum atomic E-state index is -0.736. The number of esters is 1. The predicted octanol–water partition coefficient (Wildman–Crippen LogP) is 5.77. The number of nitrogens with zero attached hydrogens (tertiary/aromatic N) is 1. The van der Waals surface area contributed by atoms with Crippen LogP contribution in [0.5, 0.6) is 17.2 Å². The summed E-state index contributed by atoms with van der Waals surface area (Å²) in [5.74, 6) is -0.468. The molecule has 1 unspecified atom stereocenters. The zero-order valence-electron chi connectivity index (χ0n) is 22.9. The number of rotatable bonds is 8. The number of phenolic OH excluding ortho intramolecular Hbond substituents is 1. The second kappa shape index (κ2) is 11.8. The van der Waals surface area contributed by atoms with Crippen LogP contribution in [0, 0.1) is 5.92 Å². The van der Waals surface area contributed by atoms with Crippen LogP contribution >= 0.6 is 0 Å². The molecule has 1 aliphatic heterocycles. The highest BCUT2D eigenvalue weighted by Crippen LogP contribution is 2.47. The number of carbonyl (C=O) groups is 2. The van der Waals surface area contributed by atoms with Crippen LogP contribution in [-0.4, -0.2) is 43.4 Å². The Morgan fingerprint density at radius 1 is 0.925 bits per heavy atom. The van der Waals surface area contributed by atoms with E-state index in [1.165, 1.54) is 0 Å². The van der Waals surface area contributed by atoms with Crippen LogP contribution in [0.25, 0.3) is 0 Å².